The molecule has 4 aromatic rings. The van der Waals surface area contributed by atoms with Crippen LogP contribution in [0, 0.1) is 34.0 Å². The number of benzene rings is 2. The Morgan fingerprint density at radius 3 is 1.76 bits per heavy atom. The Bertz CT molecular complexity index is 1590. The van der Waals surface area contributed by atoms with Crippen molar-refractivity contribution in [1.82, 2.24) is 9.97 Å². The fourth-order valence-electron chi connectivity index (χ4n) is 2.96. The largest absolute Gasteiger partial charge is 0.390 e. The molecular formula is C26H18N8O3. The van der Waals surface area contributed by atoms with Gasteiger partial charge in [0.1, 0.15) is 31.4 Å². The van der Waals surface area contributed by atoms with E-state index >= 15 is 0 Å². The van der Waals surface area contributed by atoms with E-state index < -0.39 is 11.6 Å². The number of fused-ring (bicyclic) bond motifs is 2. The molecule has 0 saturated carbocycles. The van der Waals surface area contributed by atoms with Crippen LogP contribution in [-0.4, -0.2) is 27.3 Å². The van der Waals surface area contributed by atoms with Crippen LogP contribution in [0.1, 0.15) is 11.1 Å². The standard InChI is InChI=1S/C13H10N4O2.C13H8N4O/c14-7-12(13(15)18)17-19-8-9-3-4-11-10(6-9)2-1-5-16-11;14-7-12(8-15)17-18-9-10-3-4-13-11(6-10)2-1-5-16-13/h1-6H,8H2,(H2,15,18);1-6H,9H2. The van der Waals surface area contributed by atoms with Crippen LogP contribution in [0.15, 0.2) is 83.4 Å². The second-order valence-corrected chi connectivity index (χ2v) is 7.19. The molecule has 2 aromatic carbocycles. The molecule has 2 heterocycles. The van der Waals surface area contributed by atoms with E-state index in [0.717, 1.165) is 32.9 Å². The first-order valence-electron chi connectivity index (χ1n) is 10.6. The van der Waals surface area contributed by atoms with Crippen molar-refractivity contribution in [2.24, 2.45) is 16.0 Å². The molecule has 0 bridgehead atoms. The average Bonchev–Trinajstić information content (AvgIpc) is 2.93. The lowest BCUT2D eigenvalue weighted by atomic mass is 10.1. The number of amides is 1. The fourth-order valence-corrected chi connectivity index (χ4v) is 2.96. The Morgan fingerprint density at radius 2 is 1.30 bits per heavy atom. The number of pyridine rings is 2. The summed E-state index contributed by atoms with van der Waals surface area (Å²) >= 11 is 0. The Labute approximate surface area is 211 Å². The average molecular weight is 490 g/mol. The lowest BCUT2D eigenvalue weighted by Gasteiger charge is -2.02. The van der Waals surface area contributed by atoms with Gasteiger partial charge in [-0.25, -0.2) is 0 Å². The highest BCUT2D eigenvalue weighted by Crippen LogP contribution is 2.15. The molecule has 11 heteroatoms. The van der Waals surface area contributed by atoms with Gasteiger partial charge < -0.3 is 15.4 Å². The van der Waals surface area contributed by atoms with Gasteiger partial charge in [0.25, 0.3) is 11.6 Å². The molecule has 0 atom stereocenters. The van der Waals surface area contributed by atoms with Crippen molar-refractivity contribution in [3.63, 3.8) is 0 Å². The number of carbonyl (C=O) groups is 1. The highest BCUT2D eigenvalue weighted by molar-refractivity contribution is 6.44. The molecule has 0 radical (unpaired) electrons. The number of aromatic nitrogens is 2. The maximum Gasteiger partial charge on any atom is 0.281 e. The van der Waals surface area contributed by atoms with E-state index in [1.54, 1.807) is 30.6 Å². The highest BCUT2D eigenvalue weighted by Gasteiger charge is 2.06. The first-order chi connectivity index (χ1) is 18.0. The first kappa shape index (κ1) is 25.8. The quantitative estimate of drug-likeness (QED) is 0.302. The molecule has 11 nitrogen and oxygen atoms in total. The third-order valence-electron chi connectivity index (χ3n) is 4.66. The number of primary amides is 1. The number of hydrogen-bond donors (Lipinski definition) is 1. The normalized spacial score (nSPS) is 10.1. The second-order valence-electron chi connectivity index (χ2n) is 7.19. The molecular weight excluding hydrogens is 472 g/mol. The summed E-state index contributed by atoms with van der Waals surface area (Å²) in [5.41, 5.74) is 7.70. The molecule has 0 saturated heterocycles. The van der Waals surface area contributed by atoms with Crippen LogP contribution in [0.3, 0.4) is 0 Å². The minimum Gasteiger partial charge on any atom is -0.390 e. The minimum atomic E-state index is -0.912. The Morgan fingerprint density at radius 1 is 0.784 bits per heavy atom. The Balaban J connectivity index is 0.000000206. The molecule has 0 fully saturated rings. The van der Waals surface area contributed by atoms with E-state index in [4.69, 9.17) is 31.2 Å². The van der Waals surface area contributed by atoms with E-state index in [9.17, 15) is 4.79 Å². The van der Waals surface area contributed by atoms with Crippen LogP contribution in [-0.2, 0) is 27.7 Å². The van der Waals surface area contributed by atoms with Crippen molar-refractivity contribution in [2.45, 2.75) is 13.2 Å². The predicted molar refractivity (Wildman–Crippen MR) is 134 cm³/mol. The molecule has 4 rings (SSSR count). The summed E-state index contributed by atoms with van der Waals surface area (Å²) in [6.07, 6.45) is 3.45. The van der Waals surface area contributed by atoms with Crippen LogP contribution in [0.2, 0.25) is 0 Å². The summed E-state index contributed by atoms with van der Waals surface area (Å²) in [4.78, 5) is 29.0. The molecule has 0 spiro atoms. The summed E-state index contributed by atoms with van der Waals surface area (Å²) < 4.78 is 0. The number of nitrogens with zero attached hydrogens (tertiary/aromatic N) is 7. The number of oxime groups is 2. The number of carbonyl (C=O) groups excluding carboxylic acids is 1. The van der Waals surface area contributed by atoms with Crippen molar-refractivity contribution in [3.05, 3.63) is 84.2 Å². The van der Waals surface area contributed by atoms with Crippen molar-refractivity contribution in [2.75, 3.05) is 0 Å². The van der Waals surface area contributed by atoms with Crippen LogP contribution >= 0.6 is 0 Å². The van der Waals surface area contributed by atoms with Gasteiger partial charge in [0.15, 0.2) is 0 Å². The van der Waals surface area contributed by atoms with E-state index in [2.05, 4.69) is 20.3 Å². The van der Waals surface area contributed by atoms with Crippen molar-refractivity contribution < 1.29 is 14.5 Å². The van der Waals surface area contributed by atoms with Crippen LogP contribution < -0.4 is 5.73 Å². The summed E-state index contributed by atoms with van der Waals surface area (Å²) in [7, 11) is 0. The van der Waals surface area contributed by atoms with Crippen molar-refractivity contribution >= 4 is 39.1 Å². The lowest BCUT2D eigenvalue weighted by molar-refractivity contribution is -0.112. The van der Waals surface area contributed by atoms with Gasteiger partial charge in [0, 0.05) is 23.2 Å². The van der Waals surface area contributed by atoms with Gasteiger partial charge in [0.2, 0.25) is 5.71 Å². The number of nitrogens with two attached hydrogens (primary N) is 1. The summed E-state index contributed by atoms with van der Waals surface area (Å²) in [5, 5.41) is 34.3. The number of rotatable bonds is 7. The summed E-state index contributed by atoms with van der Waals surface area (Å²) in [5.74, 6) is -0.912. The van der Waals surface area contributed by atoms with Gasteiger partial charge in [-0.2, -0.15) is 15.8 Å². The summed E-state index contributed by atoms with van der Waals surface area (Å²) in [6.45, 7) is 0.348. The van der Waals surface area contributed by atoms with E-state index in [0.29, 0.717) is 0 Å². The van der Waals surface area contributed by atoms with Crippen LogP contribution in [0.4, 0.5) is 0 Å². The van der Waals surface area contributed by atoms with Crippen molar-refractivity contribution in [3.8, 4) is 18.2 Å². The van der Waals surface area contributed by atoms with E-state index in [1.165, 1.54) is 0 Å². The van der Waals surface area contributed by atoms with E-state index in [-0.39, 0.29) is 18.9 Å². The minimum absolute atomic E-state index is 0.142. The van der Waals surface area contributed by atoms with Gasteiger partial charge in [-0.05, 0) is 47.5 Å². The SMILES string of the molecule is N#CC(=NOCc1ccc2ncccc2c1)C(N)=O.N#CC(C#N)=NOCc1ccc2ncccc2c1. The third-order valence-corrected chi connectivity index (χ3v) is 4.66. The van der Waals surface area contributed by atoms with Gasteiger partial charge in [-0.1, -0.05) is 34.6 Å². The molecule has 1 amide bonds. The van der Waals surface area contributed by atoms with Crippen LogP contribution in [0.5, 0.6) is 0 Å². The van der Waals surface area contributed by atoms with Gasteiger partial charge in [-0.3, -0.25) is 14.8 Å². The Hall–Kier alpha value is -5.86. The fraction of sp³-hybridized carbons (Fsp3) is 0.0769. The first-order valence-corrected chi connectivity index (χ1v) is 10.6. The molecule has 0 aliphatic heterocycles. The zero-order valence-electron chi connectivity index (χ0n) is 19.3. The monoisotopic (exact) mass is 490 g/mol. The molecule has 2 N–H and O–H groups in total. The number of nitriles is 3. The second kappa shape index (κ2) is 13.1. The molecule has 2 aromatic heterocycles. The number of hydrogen-bond acceptors (Lipinski definition) is 10. The zero-order chi connectivity index (χ0) is 26.5. The molecule has 0 aliphatic carbocycles. The van der Waals surface area contributed by atoms with Crippen molar-refractivity contribution in [1.29, 1.82) is 15.8 Å². The molecule has 180 valence electrons. The predicted octanol–water partition coefficient (Wildman–Crippen LogP) is 3.27. The van der Waals surface area contributed by atoms with Gasteiger partial charge in [0.05, 0.1) is 11.0 Å². The van der Waals surface area contributed by atoms with E-state index in [1.807, 2.05) is 60.7 Å². The topological polar surface area (TPSA) is 183 Å². The zero-order valence-corrected chi connectivity index (χ0v) is 19.3. The maximum atomic E-state index is 10.7. The lowest BCUT2D eigenvalue weighted by Crippen LogP contribution is -2.21. The highest BCUT2D eigenvalue weighted by atomic mass is 16.6. The van der Waals surface area contributed by atoms with Crippen LogP contribution in [0.25, 0.3) is 21.8 Å². The molecule has 0 aliphatic rings. The van der Waals surface area contributed by atoms with Gasteiger partial charge >= 0.3 is 0 Å². The molecule has 37 heavy (non-hydrogen) atoms. The Kier molecular flexibility index (Phi) is 9.14. The third kappa shape index (κ3) is 7.57. The maximum absolute atomic E-state index is 10.7. The molecule has 0 unspecified atom stereocenters. The van der Waals surface area contributed by atoms with Gasteiger partial charge in [-0.15, -0.1) is 0 Å². The smallest absolute Gasteiger partial charge is 0.281 e. The summed E-state index contributed by atoms with van der Waals surface area (Å²) in [6, 6.07) is 23.6.